The summed E-state index contributed by atoms with van der Waals surface area (Å²) in [6, 6.07) is 15.4. The van der Waals surface area contributed by atoms with Crippen LogP contribution in [-0.2, 0) is 13.0 Å². The van der Waals surface area contributed by atoms with E-state index in [4.69, 9.17) is 0 Å². The highest BCUT2D eigenvalue weighted by Gasteiger charge is 2.26. The molecule has 1 aliphatic heterocycles. The van der Waals surface area contributed by atoms with Gasteiger partial charge in [0.2, 0.25) is 0 Å². The average molecular weight is 359 g/mol. The minimum atomic E-state index is -0.168. The molecule has 3 aromatic rings. The van der Waals surface area contributed by atoms with Crippen molar-refractivity contribution in [1.29, 1.82) is 0 Å². The Morgan fingerprint density at radius 1 is 1.11 bits per heavy atom. The number of fused-ring (bicyclic) bond motifs is 1. The first kappa shape index (κ1) is 17.2. The van der Waals surface area contributed by atoms with Crippen molar-refractivity contribution in [3.8, 4) is 11.4 Å². The van der Waals surface area contributed by atoms with Gasteiger partial charge in [0, 0.05) is 24.1 Å². The van der Waals surface area contributed by atoms with Crippen molar-refractivity contribution in [2.24, 2.45) is 0 Å². The maximum Gasteiger partial charge on any atom is 0.256 e. The van der Waals surface area contributed by atoms with Crippen LogP contribution in [-0.4, -0.2) is 27.3 Å². The molecule has 27 heavy (non-hydrogen) atoms. The highest BCUT2D eigenvalue weighted by Crippen LogP contribution is 2.21. The van der Waals surface area contributed by atoms with Crippen molar-refractivity contribution in [3.05, 3.63) is 86.8 Å². The molecule has 1 aliphatic rings. The van der Waals surface area contributed by atoms with E-state index in [2.05, 4.69) is 9.97 Å². The van der Waals surface area contributed by atoms with Gasteiger partial charge in [-0.15, -0.1) is 0 Å². The van der Waals surface area contributed by atoms with E-state index in [0.29, 0.717) is 36.5 Å². The molecule has 136 valence electrons. The van der Waals surface area contributed by atoms with E-state index in [1.807, 2.05) is 62.4 Å². The van der Waals surface area contributed by atoms with E-state index >= 15 is 0 Å². The third-order valence-corrected chi connectivity index (χ3v) is 5.02. The number of aromatic nitrogens is 2. The van der Waals surface area contributed by atoms with Crippen LogP contribution in [0, 0.1) is 13.8 Å². The number of carbonyl (C=O) groups excluding carboxylic acids is 1. The Hall–Kier alpha value is -3.21. The van der Waals surface area contributed by atoms with Gasteiger partial charge in [-0.05, 0) is 31.5 Å². The normalized spacial score (nSPS) is 13.3. The number of hydrogen-bond donors (Lipinski definition) is 1. The Bertz CT molecular complexity index is 1080. The lowest BCUT2D eigenvalue weighted by Crippen LogP contribution is -2.39. The van der Waals surface area contributed by atoms with Crippen LogP contribution < -0.4 is 5.56 Å². The van der Waals surface area contributed by atoms with E-state index in [-0.39, 0.29) is 11.5 Å². The van der Waals surface area contributed by atoms with Crippen molar-refractivity contribution in [2.75, 3.05) is 6.54 Å². The molecule has 0 radical (unpaired) electrons. The molecule has 0 saturated heterocycles. The lowest BCUT2D eigenvalue weighted by atomic mass is 10.0. The first-order valence-corrected chi connectivity index (χ1v) is 9.07. The van der Waals surface area contributed by atoms with Crippen molar-refractivity contribution in [3.63, 3.8) is 0 Å². The average Bonchev–Trinajstić information content (AvgIpc) is 2.67. The molecule has 2 heterocycles. The summed E-state index contributed by atoms with van der Waals surface area (Å²) in [5.41, 5.74) is 4.83. The minimum absolute atomic E-state index is 0.0408. The van der Waals surface area contributed by atoms with Gasteiger partial charge in [0.15, 0.2) is 0 Å². The number of benzene rings is 2. The summed E-state index contributed by atoms with van der Waals surface area (Å²) >= 11 is 0. The molecule has 1 N–H and O–H groups in total. The highest BCUT2D eigenvalue weighted by molar-refractivity contribution is 5.95. The van der Waals surface area contributed by atoms with Gasteiger partial charge < -0.3 is 9.88 Å². The molecule has 0 unspecified atom stereocenters. The quantitative estimate of drug-likeness (QED) is 0.764. The Balaban J connectivity index is 1.65. The molecule has 2 aromatic carbocycles. The molecule has 0 saturated carbocycles. The van der Waals surface area contributed by atoms with Crippen LogP contribution in [0.5, 0.6) is 0 Å². The summed E-state index contributed by atoms with van der Waals surface area (Å²) in [4.78, 5) is 34.8. The Morgan fingerprint density at radius 3 is 2.70 bits per heavy atom. The number of rotatable bonds is 2. The van der Waals surface area contributed by atoms with Crippen LogP contribution >= 0.6 is 0 Å². The van der Waals surface area contributed by atoms with Gasteiger partial charge in [-0.2, -0.15) is 0 Å². The fraction of sp³-hybridized carbons (Fsp3) is 0.227. The second kappa shape index (κ2) is 6.83. The van der Waals surface area contributed by atoms with E-state index < -0.39 is 0 Å². The van der Waals surface area contributed by atoms with E-state index in [0.717, 1.165) is 22.4 Å². The fourth-order valence-electron chi connectivity index (χ4n) is 3.51. The van der Waals surface area contributed by atoms with Gasteiger partial charge in [0.25, 0.3) is 11.5 Å². The minimum Gasteiger partial charge on any atom is -0.334 e. The Kier molecular flexibility index (Phi) is 4.36. The molecular formula is C22H21N3O2. The molecular weight excluding hydrogens is 338 g/mol. The zero-order valence-corrected chi connectivity index (χ0v) is 15.5. The standard InChI is InChI=1S/C22H21N3O2/c1-14-6-5-8-16(12-14)20-23-19-10-11-25(13-18(19)21(26)24-20)22(27)17-9-4-3-7-15(17)2/h3-9,12H,10-11,13H2,1-2H3,(H,23,24,26). The van der Waals surface area contributed by atoms with Gasteiger partial charge in [-0.3, -0.25) is 9.59 Å². The van der Waals surface area contributed by atoms with Gasteiger partial charge >= 0.3 is 0 Å². The summed E-state index contributed by atoms with van der Waals surface area (Å²) in [5.74, 6) is 0.544. The summed E-state index contributed by atoms with van der Waals surface area (Å²) < 4.78 is 0. The Labute approximate surface area is 157 Å². The van der Waals surface area contributed by atoms with E-state index in [1.54, 1.807) is 4.90 Å². The number of nitrogens with zero attached hydrogens (tertiary/aromatic N) is 2. The fourth-order valence-corrected chi connectivity index (χ4v) is 3.51. The monoisotopic (exact) mass is 359 g/mol. The number of amides is 1. The molecule has 0 bridgehead atoms. The zero-order valence-electron chi connectivity index (χ0n) is 15.5. The lowest BCUT2D eigenvalue weighted by molar-refractivity contribution is 0.0732. The predicted molar refractivity (Wildman–Crippen MR) is 105 cm³/mol. The number of hydrogen-bond acceptors (Lipinski definition) is 3. The van der Waals surface area contributed by atoms with Crippen LogP contribution in [0.15, 0.2) is 53.3 Å². The predicted octanol–water partition coefficient (Wildman–Crippen LogP) is 3.25. The smallest absolute Gasteiger partial charge is 0.256 e. The van der Waals surface area contributed by atoms with Gasteiger partial charge in [0.1, 0.15) is 5.82 Å². The third-order valence-electron chi connectivity index (χ3n) is 5.02. The largest absolute Gasteiger partial charge is 0.334 e. The maximum absolute atomic E-state index is 12.9. The number of carbonyl (C=O) groups is 1. The number of aromatic amines is 1. The van der Waals surface area contributed by atoms with E-state index in [9.17, 15) is 9.59 Å². The summed E-state index contributed by atoms with van der Waals surface area (Å²) in [6.07, 6.45) is 0.579. The van der Waals surface area contributed by atoms with Gasteiger partial charge in [-0.1, -0.05) is 42.0 Å². The van der Waals surface area contributed by atoms with Crippen molar-refractivity contribution in [2.45, 2.75) is 26.8 Å². The molecule has 0 atom stereocenters. The second-order valence-electron chi connectivity index (χ2n) is 7.00. The van der Waals surface area contributed by atoms with Crippen LogP contribution in [0.3, 0.4) is 0 Å². The van der Waals surface area contributed by atoms with Crippen LogP contribution in [0.2, 0.25) is 0 Å². The molecule has 1 aromatic heterocycles. The molecule has 0 spiro atoms. The third kappa shape index (κ3) is 3.28. The van der Waals surface area contributed by atoms with Crippen LogP contribution in [0.1, 0.15) is 32.7 Å². The zero-order chi connectivity index (χ0) is 19.0. The number of aryl methyl sites for hydroxylation is 2. The molecule has 0 aliphatic carbocycles. The lowest BCUT2D eigenvalue weighted by Gasteiger charge is -2.28. The van der Waals surface area contributed by atoms with Crippen LogP contribution in [0.4, 0.5) is 0 Å². The molecule has 5 heteroatoms. The first-order valence-electron chi connectivity index (χ1n) is 9.07. The topological polar surface area (TPSA) is 66.1 Å². The second-order valence-corrected chi connectivity index (χ2v) is 7.00. The van der Waals surface area contributed by atoms with Crippen molar-refractivity contribution < 1.29 is 4.79 Å². The van der Waals surface area contributed by atoms with Crippen molar-refractivity contribution >= 4 is 5.91 Å². The molecule has 1 amide bonds. The number of nitrogens with one attached hydrogen (secondary N) is 1. The van der Waals surface area contributed by atoms with Crippen molar-refractivity contribution in [1.82, 2.24) is 14.9 Å². The molecule has 4 rings (SSSR count). The summed E-state index contributed by atoms with van der Waals surface area (Å²) in [6.45, 7) is 4.78. The Morgan fingerprint density at radius 2 is 1.93 bits per heavy atom. The summed E-state index contributed by atoms with van der Waals surface area (Å²) in [5, 5.41) is 0. The molecule has 0 fully saturated rings. The number of H-pyrrole nitrogens is 1. The van der Waals surface area contributed by atoms with Gasteiger partial charge in [0.05, 0.1) is 17.8 Å². The first-order chi connectivity index (χ1) is 13.0. The van der Waals surface area contributed by atoms with E-state index in [1.165, 1.54) is 0 Å². The van der Waals surface area contributed by atoms with Crippen LogP contribution in [0.25, 0.3) is 11.4 Å². The maximum atomic E-state index is 12.9. The summed E-state index contributed by atoms with van der Waals surface area (Å²) in [7, 11) is 0. The SMILES string of the molecule is Cc1cccc(-c2nc3c(c(=O)[nH]2)CN(C(=O)c2ccccc2C)CC3)c1. The highest BCUT2D eigenvalue weighted by atomic mass is 16.2. The van der Waals surface area contributed by atoms with Gasteiger partial charge in [-0.25, -0.2) is 4.98 Å². The molecule has 5 nitrogen and oxygen atoms in total.